The molecule has 3 aromatic rings. The van der Waals surface area contributed by atoms with Gasteiger partial charge in [-0.15, -0.1) is 0 Å². The van der Waals surface area contributed by atoms with Gasteiger partial charge in [0.25, 0.3) is 5.91 Å². The van der Waals surface area contributed by atoms with Crippen LogP contribution in [0.1, 0.15) is 27.0 Å². The average Bonchev–Trinajstić information content (AvgIpc) is 2.75. The second-order valence-electron chi connectivity index (χ2n) is 7.96. The van der Waals surface area contributed by atoms with Crippen LogP contribution >= 0.6 is 11.6 Å². The first kappa shape index (κ1) is 25.0. The van der Waals surface area contributed by atoms with Crippen LogP contribution in [0, 0.1) is 32.4 Å². The van der Waals surface area contributed by atoms with Crippen molar-refractivity contribution in [3.05, 3.63) is 81.4 Å². The molecular weight excluding hydrogens is 464 g/mol. The Balaban J connectivity index is 1.80. The number of ether oxygens (including phenoxy) is 1. The number of anilines is 2. The molecular formula is C25H24ClF2N3O3. The normalized spacial score (nSPS) is 10.6. The summed E-state index contributed by atoms with van der Waals surface area (Å²) in [7, 11) is 3.89. The number of urea groups is 1. The van der Waals surface area contributed by atoms with Crippen molar-refractivity contribution in [1.29, 1.82) is 0 Å². The van der Waals surface area contributed by atoms with Crippen molar-refractivity contribution in [2.75, 3.05) is 24.3 Å². The fourth-order valence-electron chi connectivity index (χ4n) is 3.28. The Labute approximate surface area is 201 Å². The van der Waals surface area contributed by atoms with Crippen molar-refractivity contribution in [1.82, 2.24) is 5.32 Å². The van der Waals surface area contributed by atoms with Crippen molar-refractivity contribution in [2.24, 2.45) is 0 Å². The molecule has 0 aliphatic heterocycles. The first-order valence-corrected chi connectivity index (χ1v) is 10.7. The number of benzene rings is 3. The lowest BCUT2D eigenvalue weighted by molar-refractivity contribution is 0.0959. The van der Waals surface area contributed by atoms with Crippen LogP contribution in [-0.2, 0) is 0 Å². The average molecular weight is 488 g/mol. The van der Waals surface area contributed by atoms with Gasteiger partial charge in [-0.05, 0) is 73.9 Å². The highest BCUT2D eigenvalue weighted by Crippen LogP contribution is 2.40. The van der Waals surface area contributed by atoms with Gasteiger partial charge in [0, 0.05) is 25.5 Å². The van der Waals surface area contributed by atoms with Crippen LogP contribution in [0.4, 0.5) is 25.0 Å². The van der Waals surface area contributed by atoms with E-state index in [1.54, 1.807) is 19.9 Å². The summed E-state index contributed by atoms with van der Waals surface area (Å²) in [5.41, 5.74) is 2.54. The highest BCUT2D eigenvalue weighted by Gasteiger charge is 2.21. The summed E-state index contributed by atoms with van der Waals surface area (Å²) >= 11 is 6.54. The number of rotatable bonds is 5. The summed E-state index contributed by atoms with van der Waals surface area (Å²) in [6.45, 7) is 5.35. The summed E-state index contributed by atoms with van der Waals surface area (Å²) < 4.78 is 33.7. The second kappa shape index (κ2) is 10.1. The predicted molar refractivity (Wildman–Crippen MR) is 129 cm³/mol. The van der Waals surface area contributed by atoms with E-state index in [1.807, 2.05) is 49.4 Å². The molecule has 0 radical (unpaired) electrons. The monoisotopic (exact) mass is 487 g/mol. The second-order valence-corrected chi connectivity index (χ2v) is 8.34. The molecule has 3 rings (SSSR count). The van der Waals surface area contributed by atoms with Crippen molar-refractivity contribution in [3.8, 4) is 11.5 Å². The van der Waals surface area contributed by atoms with Crippen LogP contribution in [0.5, 0.6) is 11.5 Å². The molecule has 34 heavy (non-hydrogen) atoms. The third-order valence-electron chi connectivity index (χ3n) is 5.20. The van der Waals surface area contributed by atoms with Gasteiger partial charge in [-0.2, -0.15) is 0 Å². The van der Waals surface area contributed by atoms with Gasteiger partial charge in [0.15, 0.2) is 0 Å². The maximum atomic E-state index is 13.8. The highest BCUT2D eigenvalue weighted by molar-refractivity contribution is 6.33. The van der Waals surface area contributed by atoms with Crippen molar-refractivity contribution in [3.63, 3.8) is 0 Å². The first-order valence-electron chi connectivity index (χ1n) is 10.3. The molecule has 0 aliphatic carbocycles. The SMILES string of the molecule is Cc1cc(N(C)C)ccc1Oc1c(C)cc(NC(=O)NC(=O)c2c(F)cccc2F)c(C)c1Cl. The minimum absolute atomic E-state index is 0.276. The Morgan fingerprint density at radius 2 is 1.62 bits per heavy atom. The molecule has 6 nitrogen and oxygen atoms in total. The van der Waals surface area contributed by atoms with Crippen LogP contribution in [0.15, 0.2) is 42.5 Å². The molecule has 3 aromatic carbocycles. The summed E-state index contributed by atoms with van der Waals surface area (Å²) in [6, 6.07) is 9.41. The molecule has 3 amide bonds. The molecule has 0 bridgehead atoms. The first-order chi connectivity index (χ1) is 16.0. The number of nitrogens with zero attached hydrogens (tertiary/aromatic N) is 1. The maximum absolute atomic E-state index is 13.8. The number of imide groups is 1. The highest BCUT2D eigenvalue weighted by atomic mass is 35.5. The third kappa shape index (κ3) is 5.28. The summed E-state index contributed by atoms with van der Waals surface area (Å²) in [4.78, 5) is 26.5. The van der Waals surface area contributed by atoms with E-state index < -0.39 is 29.1 Å². The van der Waals surface area contributed by atoms with E-state index in [1.165, 1.54) is 0 Å². The van der Waals surface area contributed by atoms with E-state index in [-0.39, 0.29) is 5.02 Å². The van der Waals surface area contributed by atoms with Crippen LogP contribution in [0.2, 0.25) is 5.02 Å². The zero-order valence-corrected chi connectivity index (χ0v) is 20.1. The Morgan fingerprint density at radius 3 is 2.21 bits per heavy atom. The minimum atomic E-state index is -1.20. The van der Waals surface area contributed by atoms with E-state index >= 15 is 0 Å². The fourth-order valence-corrected chi connectivity index (χ4v) is 3.57. The molecule has 0 saturated carbocycles. The molecule has 0 heterocycles. The lowest BCUT2D eigenvalue weighted by Gasteiger charge is -2.19. The lowest BCUT2D eigenvalue weighted by Crippen LogP contribution is -2.35. The van der Waals surface area contributed by atoms with Gasteiger partial charge in [-0.25, -0.2) is 13.6 Å². The zero-order valence-electron chi connectivity index (χ0n) is 19.3. The van der Waals surface area contributed by atoms with Crippen LogP contribution in [-0.4, -0.2) is 26.0 Å². The van der Waals surface area contributed by atoms with Gasteiger partial charge in [-0.1, -0.05) is 17.7 Å². The number of nitrogens with one attached hydrogen (secondary N) is 2. The molecule has 0 saturated heterocycles. The van der Waals surface area contributed by atoms with E-state index in [4.69, 9.17) is 16.3 Å². The van der Waals surface area contributed by atoms with E-state index in [9.17, 15) is 18.4 Å². The largest absolute Gasteiger partial charge is 0.455 e. The number of halogens is 3. The number of aryl methyl sites for hydroxylation is 2. The molecule has 2 N–H and O–H groups in total. The van der Waals surface area contributed by atoms with Gasteiger partial charge >= 0.3 is 6.03 Å². The molecule has 0 unspecified atom stereocenters. The number of amides is 3. The van der Waals surface area contributed by atoms with Crippen LogP contribution in [0.25, 0.3) is 0 Å². The van der Waals surface area contributed by atoms with Gasteiger partial charge in [-0.3, -0.25) is 10.1 Å². The fraction of sp³-hybridized carbons (Fsp3) is 0.200. The van der Waals surface area contributed by atoms with Crippen LogP contribution < -0.4 is 20.3 Å². The molecule has 0 spiro atoms. The quantitative estimate of drug-likeness (QED) is 0.439. The molecule has 0 aromatic heterocycles. The zero-order chi connectivity index (χ0) is 25.2. The summed E-state index contributed by atoms with van der Waals surface area (Å²) in [6.07, 6.45) is 0. The Morgan fingerprint density at radius 1 is 0.971 bits per heavy atom. The number of hydrogen-bond acceptors (Lipinski definition) is 4. The van der Waals surface area contributed by atoms with Crippen molar-refractivity contribution in [2.45, 2.75) is 20.8 Å². The molecule has 0 atom stereocenters. The Kier molecular flexibility index (Phi) is 7.41. The maximum Gasteiger partial charge on any atom is 0.326 e. The smallest absolute Gasteiger partial charge is 0.326 e. The molecule has 0 fully saturated rings. The van der Waals surface area contributed by atoms with Crippen molar-refractivity contribution >= 4 is 34.9 Å². The van der Waals surface area contributed by atoms with Gasteiger partial charge in [0.05, 0.1) is 5.02 Å². The van der Waals surface area contributed by atoms with E-state index in [0.29, 0.717) is 28.3 Å². The molecule has 0 aliphatic rings. The Bertz CT molecular complexity index is 1260. The number of hydrogen-bond donors (Lipinski definition) is 2. The molecule has 9 heteroatoms. The number of carbonyl (C=O) groups is 2. The molecule has 178 valence electrons. The van der Waals surface area contributed by atoms with E-state index in [2.05, 4.69) is 5.32 Å². The van der Waals surface area contributed by atoms with Gasteiger partial charge in [0.1, 0.15) is 28.7 Å². The third-order valence-corrected chi connectivity index (χ3v) is 5.66. The number of carbonyl (C=O) groups excluding carboxylic acids is 2. The lowest BCUT2D eigenvalue weighted by atomic mass is 10.1. The standard InChI is InChI=1S/C25H24ClF2N3O3/c1-13-11-16(31(4)5)9-10-20(13)34-23-14(2)12-19(15(3)22(23)26)29-25(33)30-24(32)21-17(27)7-6-8-18(21)28/h6-12H,1-5H3,(H2,29,30,32,33). The van der Waals surface area contributed by atoms with Gasteiger partial charge in [0.2, 0.25) is 0 Å². The Hall–Kier alpha value is -3.65. The van der Waals surface area contributed by atoms with Gasteiger partial charge < -0.3 is 15.0 Å². The summed E-state index contributed by atoms with van der Waals surface area (Å²) in [5.74, 6) is -2.29. The topological polar surface area (TPSA) is 70.7 Å². The van der Waals surface area contributed by atoms with Crippen LogP contribution in [0.3, 0.4) is 0 Å². The minimum Gasteiger partial charge on any atom is -0.455 e. The van der Waals surface area contributed by atoms with Crippen molar-refractivity contribution < 1.29 is 23.1 Å². The predicted octanol–water partition coefficient (Wildman–Crippen LogP) is 6.36. The summed E-state index contributed by atoms with van der Waals surface area (Å²) in [5, 5.41) is 4.69. The van der Waals surface area contributed by atoms with E-state index in [0.717, 1.165) is 29.4 Å².